The van der Waals surface area contributed by atoms with E-state index in [2.05, 4.69) is 15.6 Å². The van der Waals surface area contributed by atoms with Gasteiger partial charge in [0.05, 0.1) is 24.3 Å². The molecule has 0 fully saturated rings. The summed E-state index contributed by atoms with van der Waals surface area (Å²) in [6, 6.07) is 14.5. The van der Waals surface area contributed by atoms with Crippen LogP contribution in [-0.2, 0) is 11.2 Å². The molecule has 0 saturated carbocycles. The Bertz CT molecular complexity index is 984. The Morgan fingerprint density at radius 2 is 1.96 bits per heavy atom. The van der Waals surface area contributed by atoms with Gasteiger partial charge in [-0.3, -0.25) is 9.59 Å². The number of carbonyl (C=O) groups excluding carboxylic acids is 2. The second kappa shape index (κ2) is 9.14. The van der Waals surface area contributed by atoms with Gasteiger partial charge in [0.2, 0.25) is 5.91 Å². The summed E-state index contributed by atoms with van der Waals surface area (Å²) in [6.45, 7) is 2.51. The second-order valence-corrected chi connectivity index (χ2v) is 6.82. The van der Waals surface area contributed by atoms with Crippen molar-refractivity contribution in [1.82, 2.24) is 10.3 Å². The molecule has 0 bridgehead atoms. The van der Waals surface area contributed by atoms with Crippen LogP contribution in [0.25, 0.3) is 10.6 Å². The molecule has 0 aliphatic heterocycles. The first-order valence-corrected chi connectivity index (χ1v) is 9.77. The van der Waals surface area contributed by atoms with Crippen LogP contribution in [-0.4, -0.2) is 30.5 Å². The summed E-state index contributed by atoms with van der Waals surface area (Å²) in [5.41, 5.74) is 2.66. The van der Waals surface area contributed by atoms with Gasteiger partial charge < -0.3 is 15.4 Å². The molecule has 6 nitrogen and oxygen atoms in total. The first kappa shape index (κ1) is 19.6. The molecule has 2 aromatic carbocycles. The van der Waals surface area contributed by atoms with Gasteiger partial charge in [-0.1, -0.05) is 18.2 Å². The molecule has 2 amide bonds. The van der Waals surface area contributed by atoms with Crippen LogP contribution in [0.15, 0.2) is 53.9 Å². The summed E-state index contributed by atoms with van der Waals surface area (Å²) in [4.78, 5) is 28.7. The van der Waals surface area contributed by atoms with E-state index in [9.17, 15) is 9.59 Å². The maximum atomic E-state index is 12.4. The van der Waals surface area contributed by atoms with Gasteiger partial charge in [-0.15, -0.1) is 11.3 Å². The van der Waals surface area contributed by atoms with E-state index in [4.69, 9.17) is 4.74 Å². The van der Waals surface area contributed by atoms with Crippen molar-refractivity contribution in [3.63, 3.8) is 0 Å². The number of hydrogen-bond donors (Lipinski definition) is 2. The number of nitrogens with one attached hydrogen (secondary N) is 2. The molecule has 0 unspecified atom stereocenters. The zero-order valence-electron chi connectivity index (χ0n) is 15.7. The van der Waals surface area contributed by atoms with E-state index < -0.39 is 0 Å². The first-order valence-electron chi connectivity index (χ1n) is 8.89. The van der Waals surface area contributed by atoms with E-state index in [-0.39, 0.29) is 18.2 Å². The number of aromatic nitrogens is 1. The number of benzene rings is 2. The molecule has 2 N–H and O–H groups in total. The van der Waals surface area contributed by atoms with Gasteiger partial charge in [0.1, 0.15) is 10.8 Å². The fourth-order valence-electron chi connectivity index (χ4n) is 2.69. The summed E-state index contributed by atoms with van der Waals surface area (Å²) < 4.78 is 5.66. The summed E-state index contributed by atoms with van der Waals surface area (Å²) in [7, 11) is 1.57. The Hall–Kier alpha value is -3.19. The van der Waals surface area contributed by atoms with E-state index in [1.165, 1.54) is 11.3 Å². The number of carbonyl (C=O) groups is 2. The van der Waals surface area contributed by atoms with Crippen molar-refractivity contribution >= 4 is 28.8 Å². The highest BCUT2D eigenvalue weighted by atomic mass is 32.1. The van der Waals surface area contributed by atoms with E-state index >= 15 is 0 Å². The Labute approximate surface area is 167 Å². The minimum Gasteiger partial charge on any atom is -0.493 e. The summed E-state index contributed by atoms with van der Waals surface area (Å²) >= 11 is 1.48. The molecule has 144 valence electrons. The monoisotopic (exact) mass is 395 g/mol. The second-order valence-electron chi connectivity index (χ2n) is 5.96. The average Bonchev–Trinajstić information content (AvgIpc) is 3.16. The third-order valence-corrected chi connectivity index (χ3v) is 4.87. The smallest absolute Gasteiger partial charge is 0.251 e. The molecule has 7 heteroatoms. The summed E-state index contributed by atoms with van der Waals surface area (Å²) in [5.74, 6) is 0.388. The number of ether oxygens (including phenoxy) is 1. The van der Waals surface area contributed by atoms with Gasteiger partial charge in [0.15, 0.2) is 0 Å². The lowest BCUT2D eigenvalue weighted by Crippen LogP contribution is -2.19. The van der Waals surface area contributed by atoms with Crippen LogP contribution < -0.4 is 15.4 Å². The molecular formula is C21H21N3O3S. The normalized spacial score (nSPS) is 10.4. The molecule has 0 spiro atoms. The minimum absolute atomic E-state index is 0.150. The number of nitrogens with zero attached hydrogens (tertiary/aromatic N) is 1. The number of thiazole rings is 1. The number of para-hydroxylation sites is 1. The van der Waals surface area contributed by atoms with Gasteiger partial charge in [0, 0.05) is 23.7 Å². The van der Waals surface area contributed by atoms with Crippen LogP contribution in [0.5, 0.6) is 5.75 Å². The fourth-order valence-corrected chi connectivity index (χ4v) is 3.54. The molecule has 0 aliphatic rings. The van der Waals surface area contributed by atoms with Crippen LogP contribution in [0.4, 0.5) is 5.69 Å². The lowest BCUT2D eigenvalue weighted by Gasteiger charge is -2.07. The molecule has 1 aromatic heterocycles. The van der Waals surface area contributed by atoms with Crippen molar-refractivity contribution in [2.45, 2.75) is 13.3 Å². The van der Waals surface area contributed by atoms with E-state index in [0.717, 1.165) is 16.3 Å². The topological polar surface area (TPSA) is 80.3 Å². The van der Waals surface area contributed by atoms with Crippen LogP contribution in [0.3, 0.4) is 0 Å². The van der Waals surface area contributed by atoms with Crippen molar-refractivity contribution < 1.29 is 14.3 Å². The third kappa shape index (κ3) is 4.75. The van der Waals surface area contributed by atoms with Gasteiger partial charge in [-0.2, -0.15) is 0 Å². The number of anilines is 1. The average molecular weight is 395 g/mol. The molecule has 0 saturated heterocycles. The predicted molar refractivity (Wildman–Crippen MR) is 111 cm³/mol. The standard InChI is InChI=1S/C21H21N3O3S/c1-3-27-18-10-5-4-9-17(18)21-24-16(13-28-21)12-19(25)23-15-8-6-7-14(11-15)20(26)22-2/h4-11,13H,3,12H2,1-2H3,(H,22,26)(H,23,25). The molecule has 0 aliphatic carbocycles. The minimum atomic E-state index is -0.201. The lowest BCUT2D eigenvalue weighted by molar-refractivity contribution is -0.115. The van der Waals surface area contributed by atoms with Gasteiger partial charge in [-0.25, -0.2) is 4.98 Å². The molecule has 3 rings (SSSR count). The third-order valence-electron chi connectivity index (χ3n) is 3.95. The Balaban J connectivity index is 1.69. The van der Waals surface area contributed by atoms with Crippen LogP contribution in [0.1, 0.15) is 23.0 Å². The quantitative estimate of drug-likeness (QED) is 0.638. The Morgan fingerprint density at radius 1 is 1.14 bits per heavy atom. The number of hydrogen-bond acceptors (Lipinski definition) is 5. The number of amides is 2. The first-order chi connectivity index (χ1) is 13.6. The fraction of sp³-hybridized carbons (Fsp3) is 0.190. The molecule has 0 atom stereocenters. The maximum Gasteiger partial charge on any atom is 0.251 e. The van der Waals surface area contributed by atoms with E-state index in [0.29, 0.717) is 23.6 Å². The highest BCUT2D eigenvalue weighted by Crippen LogP contribution is 2.32. The lowest BCUT2D eigenvalue weighted by atomic mass is 10.2. The van der Waals surface area contributed by atoms with E-state index in [1.807, 2.05) is 36.6 Å². The van der Waals surface area contributed by atoms with Crippen LogP contribution in [0.2, 0.25) is 0 Å². The Morgan fingerprint density at radius 3 is 2.75 bits per heavy atom. The Kier molecular flexibility index (Phi) is 6.39. The molecule has 1 heterocycles. The van der Waals surface area contributed by atoms with Crippen molar-refractivity contribution in [3.05, 3.63) is 65.2 Å². The van der Waals surface area contributed by atoms with Crippen molar-refractivity contribution in [2.75, 3.05) is 19.0 Å². The summed E-state index contributed by atoms with van der Waals surface area (Å²) in [6.07, 6.45) is 0.150. The van der Waals surface area contributed by atoms with Crippen molar-refractivity contribution in [3.8, 4) is 16.3 Å². The largest absolute Gasteiger partial charge is 0.493 e. The van der Waals surface area contributed by atoms with Crippen molar-refractivity contribution in [2.24, 2.45) is 0 Å². The van der Waals surface area contributed by atoms with Gasteiger partial charge >= 0.3 is 0 Å². The van der Waals surface area contributed by atoms with Gasteiger partial charge in [-0.05, 0) is 37.3 Å². The SMILES string of the molecule is CCOc1ccccc1-c1nc(CC(=O)Nc2cccc(C(=O)NC)c2)cs1. The zero-order valence-corrected chi connectivity index (χ0v) is 16.5. The molecule has 0 radical (unpaired) electrons. The maximum absolute atomic E-state index is 12.4. The number of rotatable bonds is 7. The van der Waals surface area contributed by atoms with Gasteiger partial charge in [0.25, 0.3) is 5.91 Å². The van der Waals surface area contributed by atoms with Crippen LogP contribution >= 0.6 is 11.3 Å². The van der Waals surface area contributed by atoms with Crippen molar-refractivity contribution in [1.29, 1.82) is 0 Å². The highest BCUT2D eigenvalue weighted by Gasteiger charge is 2.13. The zero-order chi connectivity index (χ0) is 19.9. The molecular weight excluding hydrogens is 374 g/mol. The molecule has 3 aromatic rings. The van der Waals surface area contributed by atoms with E-state index in [1.54, 1.807) is 31.3 Å². The predicted octanol–water partition coefficient (Wildman–Crippen LogP) is 3.75. The highest BCUT2D eigenvalue weighted by molar-refractivity contribution is 7.13. The molecule has 28 heavy (non-hydrogen) atoms. The summed E-state index contributed by atoms with van der Waals surface area (Å²) in [5, 5.41) is 8.06. The van der Waals surface area contributed by atoms with Crippen LogP contribution in [0, 0.1) is 0 Å².